The van der Waals surface area contributed by atoms with Crippen LogP contribution in [0.4, 0.5) is 0 Å². The van der Waals surface area contributed by atoms with Crippen LogP contribution in [-0.4, -0.2) is 18.3 Å². The van der Waals surface area contributed by atoms with Crippen molar-refractivity contribution in [3.63, 3.8) is 0 Å². The molecule has 2 nitrogen and oxygen atoms in total. The Morgan fingerprint density at radius 3 is 2.86 bits per heavy atom. The van der Waals surface area contributed by atoms with Gasteiger partial charge < -0.3 is 10.8 Å². The number of aryl methyl sites for hydroxylation is 1. The van der Waals surface area contributed by atoms with Crippen molar-refractivity contribution in [2.24, 2.45) is 11.7 Å². The Labute approximate surface area is 84.7 Å². The number of hydrogen-bond donors (Lipinski definition) is 2. The number of rotatable bonds is 3. The van der Waals surface area contributed by atoms with E-state index in [4.69, 9.17) is 10.8 Å². The molecule has 14 heavy (non-hydrogen) atoms. The standard InChI is InChI=1S/C12H17NO/c1-9-3-2-4-10(5-9)12(8-13)6-11(12)7-14/h2-5,11,14H,6-8,13H2,1H3/t11-,12-/m1/s1. The molecule has 2 atom stereocenters. The van der Waals surface area contributed by atoms with Gasteiger partial charge in [-0.15, -0.1) is 0 Å². The summed E-state index contributed by atoms with van der Waals surface area (Å²) in [5.41, 5.74) is 8.43. The van der Waals surface area contributed by atoms with Crippen LogP contribution in [0.1, 0.15) is 17.5 Å². The third-order valence-corrected chi connectivity index (χ3v) is 3.41. The van der Waals surface area contributed by atoms with Gasteiger partial charge in [0, 0.05) is 18.6 Å². The first-order valence-corrected chi connectivity index (χ1v) is 5.11. The summed E-state index contributed by atoms with van der Waals surface area (Å²) in [5.74, 6) is 0.370. The maximum atomic E-state index is 9.15. The summed E-state index contributed by atoms with van der Waals surface area (Å²) >= 11 is 0. The number of benzene rings is 1. The zero-order chi connectivity index (χ0) is 10.2. The van der Waals surface area contributed by atoms with Crippen LogP contribution in [0.5, 0.6) is 0 Å². The highest BCUT2D eigenvalue weighted by atomic mass is 16.3. The Bertz CT molecular complexity index is 337. The summed E-state index contributed by atoms with van der Waals surface area (Å²) in [6, 6.07) is 8.46. The van der Waals surface area contributed by atoms with Crippen molar-refractivity contribution >= 4 is 0 Å². The van der Waals surface area contributed by atoms with Gasteiger partial charge in [-0.25, -0.2) is 0 Å². The van der Waals surface area contributed by atoms with E-state index in [-0.39, 0.29) is 12.0 Å². The minimum absolute atomic E-state index is 0.0702. The van der Waals surface area contributed by atoms with Crippen LogP contribution < -0.4 is 5.73 Å². The molecular formula is C12H17NO. The molecular weight excluding hydrogens is 174 g/mol. The van der Waals surface area contributed by atoms with Gasteiger partial charge in [-0.1, -0.05) is 29.8 Å². The van der Waals surface area contributed by atoms with Crippen molar-refractivity contribution in [1.82, 2.24) is 0 Å². The number of aliphatic hydroxyl groups excluding tert-OH is 1. The lowest BCUT2D eigenvalue weighted by molar-refractivity contribution is 0.264. The van der Waals surface area contributed by atoms with Gasteiger partial charge in [0.25, 0.3) is 0 Å². The highest BCUT2D eigenvalue weighted by molar-refractivity contribution is 5.36. The van der Waals surface area contributed by atoms with E-state index < -0.39 is 0 Å². The molecule has 2 rings (SSSR count). The predicted octanol–water partition coefficient (Wildman–Crippen LogP) is 1.20. The number of aliphatic hydroxyl groups is 1. The molecule has 0 aliphatic heterocycles. The highest BCUT2D eigenvalue weighted by Gasteiger charge is 2.53. The summed E-state index contributed by atoms with van der Waals surface area (Å²) < 4.78 is 0. The van der Waals surface area contributed by atoms with Crippen molar-refractivity contribution in [3.8, 4) is 0 Å². The second-order valence-corrected chi connectivity index (χ2v) is 4.31. The topological polar surface area (TPSA) is 46.2 Å². The van der Waals surface area contributed by atoms with Gasteiger partial charge in [-0.05, 0) is 24.8 Å². The fourth-order valence-electron chi connectivity index (χ4n) is 2.30. The Hall–Kier alpha value is -0.860. The van der Waals surface area contributed by atoms with Crippen LogP contribution in [0, 0.1) is 12.8 Å². The van der Waals surface area contributed by atoms with Crippen molar-refractivity contribution in [3.05, 3.63) is 35.4 Å². The van der Waals surface area contributed by atoms with Gasteiger partial charge in [0.2, 0.25) is 0 Å². The molecule has 1 fully saturated rings. The van der Waals surface area contributed by atoms with Crippen LogP contribution in [0.25, 0.3) is 0 Å². The monoisotopic (exact) mass is 191 g/mol. The third kappa shape index (κ3) is 1.35. The summed E-state index contributed by atoms with van der Waals surface area (Å²) in [6.45, 7) is 2.98. The predicted molar refractivity (Wildman–Crippen MR) is 57.1 cm³/mol. The fraction of sp³-hybridized carbons (Fsp3) is 0.500. The van der Waals surface area contributed by atoms with Crippen molar-refractivity contribution in [1.29, 1.82) is 0 Å². The molecule has 0 bridgehead atoms. The van der Waals surface area contributed by atoms with Gasteiger partial charge >= 0.3 is 0 Å². The van der Waals surface area contributed by atoms with Crippen LogP contribution in [-0.2, 0) is 5.41 Å². The Morgan fingerprint density at radius 2 is 2.36 bits per heavy atom. The molecule has 1 aliphatic rings. The lowest BCUT2D eigenvalue weighted by Gasteiger charge is -2.15. The summed E-state index contributed by atoms with van der Waals surface area (Å²) in [7, 11) is 0. The van der Waals surface area contributed by atoms with Gasteiger partial charge in [0.15, 0.2) is 0 Å². The number of nitrogens with two attached hydrogens (primary N) is 1. The van der Waals surface area contributed by atoms with Crippen LogP contribution in [0.2, 0.25) is 0 Å². The Balaban J connectivity index is 2.30. The average Bonchev–Trinajstić information content (AvgIpc) is 2.93. The minimum atomic E-state index is 0.0702. The minimum Gasteiger partial charge on any atom is -0.396 e. The molecule has 1 saturated carbocycles. The Kier molecular flexibility index (Phi) is 2.33. The second kappa shape index (κ2) is 3.37. The molecule has 0 unspecified atom stereocenters. The SMILES string of the molecule is Cc1cccc([C@]2(CN)C[C@@H]2CO)c1. The average molecular weight is 191 g/mol. The first kappa shape index (κ1) is 9.69. The van der Waals surface area contributed by atoms with Crippen molar-refractivity contribution in [2.75, 3.05) is 13.2 Å². The maximum Gasteiger partial charge on any atom is 0.0468 e. The first-order valence-electron chi connectivity index (χ1n) is 5.11. The normalized spacial score (nSPS) is 30.4. The molecule has 1 aromatic rings. The molecule has 0 aromatic heterocycles. The van der Waals surface area contributed by atoms with E-state index in [9.17, 15) is 0 Å². The van der Waals surface area contributed by atoms with E-state index in [1.807, 2.05) is 0 Å². The zero-order valence-electron chi connectivity index (χ0n) is 8.53. The zero-order valence-corrected chi connectivity index (χ0v) is 8.53. The summed E-state index contributed by atoms with van der Waals surface area (Å²) in [4.78, 5) is 0. The fourth-order valence-corrected chi connectivity index (χ4v) is 2.30. The van der Waals surface area contributed by atoms with Gasteiger partial charge in [0.1, 0.15) is 0 Å². The van der Waals surface area contributed by atoms with Gasteiger partial charge in [-0.3, -0.25) is 0 Å². The lowest BCUT2D eigenvalue weighted by atomic mass is 9.92. The van der Waals surface area contributed by atoms with Crippen molar-refractivity contribution < 1.29 is 5.11 Å². The van der Waals surface area contributed by atoms with E-state index in [0.717, 1.165) is 6.42 Å². The molecule has 0 saturated heterocycles. The molecule has 0 heterocycles. The largest absolute Gasteiger partial charge is 0.396 e. The smallest absolute Gasteiger partial charge is 0.0468 e. The van der Waals surface area contributed by atoms with E-state index in [0.29, 0.717) is 12.5 Å². The van der Waals surface area contributed by atoms with Crippen LogP contribution >= 0.6 is 0 Å². The lowest BCUT2D eigenvalue weighted by Crippen LogP contribution is -2.23. The second-order valence-electron chi connectivity index (χ2n) is 4.31. The molecule has 0 amide bonds. The molecule has 76 valence electrons. The molecule has 1 aliphatic carbocycles. The van der Waals surface area contributed by atoms with Crippen LogP contribution in [0.15, 0.2) is 24.3 Å². The quantitative estimate of drug-likeness (QED) is 0.754. The molecule has 0 radical (unpaired) electrons. The van der Waals surface area contributed by atoms with E-state index in [1.54, 1.807) is 0 Å². The maximum absolute atomic E-state index is 9.15. The first-order chi connectivity index (χ1) is 6.73. The van der Waals surface area contributed by atoms with Gasteiger partial charge in [-0.2, -0.15) is 0 Å². The third-order valence-electron chi connectivity index (χ3n) is 3.41. The number of hydrogen-bond acceptors (Lipinski definition) is 2. The van der Waals surface area contributed by atoms with E-state index in [2.05, 4.69) is 31.2 Å². The van der Waals surface area contributed by atoms with Crippen LogP contribution in [0.3, 0.4) is 0 Å². The van der Waals surface area contributed by atoms with E-state index >= 15 is 0 Å². The van der Waals surface area contributed by atoms with Crippen molar-refractivity contribution in [2.45, 2.75) is 18.8 Å². The molecule has 1 aromatic carbocycles. The molecule has 3 N–H and O–H groups in total. The molecule has 2 heteroatoms. The molecule has 0 spiro atoms. The summed E-state index contributed by atoms with van der Waals surface area (Å²) in [6.07, 6.45) is 1.03. The highest BCUT2D eigenvalue weighted by Crippen LogP contribution is 2.53. The van der Waals surface area contributed by atoms with E-state index in [1.165, 1.54) is 11.1 Å². The summed E-state index contributed by atoms with van der Waals surface area (Å²) in [5, 5.41) is 9.15. The van der Waals surface area contributed by atoms with Gasteiger partial charge in [0.05, 0.1) is 0 Å². The Morgan fingerprint density at radius 1 is 1.57 bits per heavy atom.